The number of thiazole rings is 1. The quantitative estimate of drug-likeness (QED) is 0.751. The van der Waals surface area contributed by atoms with E-state index in [9.17, 15) is 4.79 Å². The van der Waals surface area contributed by atoms with Gasteiger partial charge in [-0.1, -0.05) is 24.3 Å². The van der Waals surface area contributed by atoms with Crippen molar-refractivity contribution in [1.29, 1.82) is 0 Å². The molecule has 5 nitrogen and oxygen atoms in total. The molecule has 1 amide bonds. The Labute approximate surface area is 155 Å². The Morgan fingerprint density at radius 1 is 1.19 bits per heavy atom. The van der Waals surface area contributed by atoms with Gasteiger partial charge in [-0.25, -0.2) is 4.98 Å². The maximum Gasteiger partial charge on any atom is 0.233 e. The van der Waals surface area contributed by atoms with E-state index in [1.165, 1.54) is 22.5 Å². The van der Waals surface area contributed by atoms with Crippen LogP contribution >= 0.6 is 11.3 Å². The van der Waals surface area contributed by atoms with Crippen molar-refractivity contribution in [2.24, 2.45) is 5.41 Å². The van der Waals surface area contributed by atoms with Gasteiger partial charge in [-0.3, -0.25) is 14.8 Å². The lowest BCUT2D eigenvalue weighted by Gasteiger charge is -2.49. The normalized spacial score (nSPS) is 25.5. The number of nitrogens with zero attached hydrogens (tertiary/aromatic N) is 3. The van der Waals surface area contributed by atoms with Crippen molar-refractivity contribution in [3.8, 4) is 0 Å². The Balaban J connectivity index is 1.62. The summed E-state index contributed by atoms with van der Waals surface area (Å²) in [7, 11) is 0. The summed E-state index contributed by atoms with van der Waals surface area (Å²) < 4.78 is 0. The zero-order valence-corrected chi connectivity index (χ0v) is 15.4. The van der Waals surface area contributed by atoms with Crippen LogP contribution in [0.4, 0.5) is 5.13 Å². The number of fused-ring (bicyclic) bond motifs is 1. The molecule has 6 rings (SSSR count). The molecular weight excluding hydrogens is 344 g/mol. The standard InChI is InChI=1S/C20H18N4OS/c1-11-10-26-19(23-11)24-18(25)20(2)9-14-12-5-3-4-6-13(12)15(20)17-16(14)21-7-8-22-17/h3-8,10,14-15H,9H2,1-2H3,(H,23,24,25). The summed E-state index contributed by atoms with van der Waals surface area (Å²) in [6.45, 7) is 3.98. The van der Waals surface area contributed by atoms with Crippen LogP contribution in [-0.4, -0.2) is 20.9 Å². The van der Waals surface area contributed by atoms with E-state index in [4.69, 9.17) is 0 Å². The van der Waals surface area contributed by atoms with E-state index in [2.05, 4.69) is 38.5 Å². The average Bonchev–Trinajstić information content (AvgIpc) is 3.06. The Morgan fingerprint density at radius 2 is 1.92 bits per heavy atom. The number of benzene rings is 1. The predicted molar refractivity (Wildman–Crippen MR) is 100 cm³/mol. The van der Waals surface area contributed by atoms with E-state index < -0.39 is 5.41 Å². The smallest absolute Gasteiger partial charge is 0.233 e. The summed E-state index contributed by atoms with van der Waals surface area (Å²) in [6.07, 6.45) is 4.21. The van der Waals surface area contributed by atoms with Gasteiger partial charge >= 0.3 is 0 Å². The van der Waals surface area contributed by atoms with Gasteiger partial charge in [0.25, 0.3) is 0 Å². The van der Waals surface area contributed by atoms with E-state index >= 15 is 0 Å². The van der Waals surface area contributed by atoms with Gasteiger partial charge in [-0.05, 0) is 31.4 Å². The third-order valence-corrected chi connectivity index (χ3v) is 6.54. The van der Waals surface area contributed by atoms with E-state index in [1.54, 1.807) is 12.4 Å². The highest BCUT2D eigenvalue weighted by molar-refractivity contribution is 7.13. The van der Waals surface area contributed by atoms with E-state index in [1.807, 2.05) is 25.3 Å². The molecule has 130 valence electrons. The Morgan fingerprint density at radius 3 is 2.65 bits per heavy atom. The van der Waals surface area contributed by atoms with Gasteiger partial charge in [0, 0.05) is 29.6 Å². The summed E-state index contributed by atoms with van der Waals surface area (Å²) in [5.74, 6) is 0.0230. The van der Waals surface area contributed by atoms with Crippen LogP contribution in [-0.2, 0) is 4.79 Å². The molecule has 0 spiro atoms. The molecule has 6 heteroatoms. The summed E-state index contributed by atoms with van der Waals surface area (Å²) >= 11 is 1.46. The molecule has 0 fully saturated rings. The largest absolute Gasteiger partial charge is 0.301 e. The van der Waals surface area contributed by atoms with E-state index in [0.717, 1.165) is 23.5 Å². The summed E-state index contributed by atoms with van der Waals surface area (Å²) in [5, 5.41) is 5.64. The monoisotopic (exact) mass is 362 g/mol. The first-order chi connectivity index (χ1) is 12.6. The molecule has 1 aromatic carbocycles. The second kappa shape index (κ2) is 5.45. The molecule has 2 bridgehead atoms. The molecule has 2 aromatic heterocycles. The maximum absolute atomic E-state index is 13.3. The van der Waals surface area contributed by atoms with Crippen molar-refractivity contribution in [1.82, 2.24) is 15.0 Å². The molecule has 3 aliphatic rings. The number of hydrogen-bond acceptors (Lipinski definition) is 5. The van der Waals surface area contributed by atoms with Crippen LogP contribution in [0.1, 0.15) is 53.4 Å². The number of rotatable bonds is 2. The summed E-state index contributed by atoms with van der Waals surface area (Å²) in [6, 6.07) is 8.39. The fraction of sp³-hybridized carbons (Fsp3) is 0.300. The first-order valence-corrected chi connectivity index (χ1v) is 9.59. The van der Waals surface area contributed by atoms with Gasteiger partial charge in [0.2, 0.25) is 5.91 Å². The Bertz CT molecular complexity index is 982. The number of carbonyl (C=O) groups excluding carboxylic acids is 1. The second-order valence-corrected chi connectivity index (χ2v) is 8.17. The van der Waals surface area contributed by atoms with E-state index in [-0.39, 0.29) is 17.7 Å². The molecule has 0 radical (unpaired) electrons. The summed E-state index contributed by atoms with van der Waals surface area (Å²) in [5.41, 5.74) is 4.77. The third kappa shape index (κ3) is 2.08. The first kappa shape index (κ1) is 15.6. The molecule has 3 aliphatic carbocycles. The van der Waals surface area contributed by atoms with Crippen molar-refractivity contribution in [2.75, 3.05) is 5.32 Å². The number of carbonyl (C=O) groups is 1. The minimum Gasteiger partial charge on any atom is -0.301 e. The molecule has 3 atom stereocenters. The molecular formula is C20H18N4OS. The van der Waals surface area contributed by atoms with Gasteiger partial charge in [-0.15, -0.1) is 11.3 Å². The lowest BCUT2D eigenvalue weighted by molar-refractivity contribution is -0.126. The second-order valence-electron chi connectivity index (χ2n) is 7.31. The predicted octanol–water partition coefficient (Wildman–Crippen LogP) is 3.87. The zero-order chi connectivity index (χ0) is 17.9. The van der Waals surface area contributed by atoms with Gasteiger partial charge in [-0.2, -0.15) is 0 Å². The molecule has 0 saturated carbocycles. The Kier molecular flexibility index (Phi) is 3.28. The third-order valence-electron chi connectivity index (χ3n) is 5.67. The topological polar surface area (TPSA) is 67.8 Å². The maximum atomic E-state index is 13.3. The lowest BCUT2D eigenvalue weighted by Crippen LogP contribution is -2.47. The molecule has 3 unspecified atom stereocenters. The van der Waals surface area contributed by atoms with Gasteiger partial charge in [0.05, 0.1) is 22.5 Å². The van der Waals surface area contributed by atoms with Crippen LogP contribution in [0.25, 0.3) is 0 Å². The summed E-state index contributed by atoms with van der Waals surface area (Å²) in [4.78, 5) is 26.9. The lowest BCUT2D eigenvalue weighted by atomic mass is 9.54. The van der Waals surface area contributed by atoms with Crippen molar-refractivity contribution in [3.05, 3.63) is 70.2 Å². The highest BCUT2D eigenvalue weighted by Gasteiger charge is 2.55. The fourth-order valence-corrected chi connectivity index (χ4v) is 5.19. The zero-order valence-electron chi connectivity index (χ0n) is 14.6. The van der Waals surface area contributed by atoms with E-state index in [0.29, 0.717) is 5.13 Å². The van der Waals surface area contributed by atoms with Crippen LogP contribution in [0.5, 0.6) is 0 Å². The number of anilines is 1. The average molecular weight is 362 g/mol. The molecule has 0 saturated heterocycles. The molecule has 1 N–H and O–H groups in total. The number of hydrogen-bond donors (Lipinski definition) is 1. The van der Waals surface area contributed by atoms with Crippen molar-refractivity contribution >= 4 is 22.4 Å². The molecule has 3 aromatic rings. The molecule has 2 heterocycles. The molecule has 26 heavy (non-hydrogen) atoms. The highest BCUT2D eigenvalue weighted by Crippen LogP contribution is 2.60. The van der Waals surface area contributed by atoms with Crippen LogP contribution in [0.3, 0.4) is 0 Å². The number of aryl methyl sites for hydroxylation is 1. The van der Waals surface area contributed by atoms with Crippen LogP contribution in [0, 0.1) is 12.3 Å². The minimum absolute atomic E-state index is 0.00709. The fourth-order valence-electron chi connectivity index (χ4n) is 4.50. The van der Waals surface area contributed by atoms with Gasteiger partial charge in [0.1, 0.15) is 0 Å². The van der Waals surface area contributed by atoms with Crippen LogP contribution < -0.4 is 5.32 Å². The Hall–Kier alpha value is -2.60. The van der Waals surface area contributed by atoms with Crippen LogP contribution in [0.2, 0.25) is 0 Å². The van der Waals surface area contributed by atoms with Gasteiger partial charge < -0.3 is 5.32 Å². The number of amides is 1. The van der Waals surface area contributed by atoms with Crippen molar-refractivity contribution in [3.63, 3.8) is 0 Å². The molecule has 0 aliphatic heterocycles. The van der Waals surface area contributed by atoms with Crippen molar-refractivity contribution < 1.29 is 4.79 Å². The SMILES string of the molecule is Cc1csc(NC(=O)C2(C)CC3c4ccccc4C2c2nccnc23)n1. The van der Waals surface area contributed by atoms with Crippen molar-refractivity contribution in [2.45, 2.75) is 32.1 Å². The number of aromatic nitrogens is 3. The first-order valence-electron chi connectivity index (χ1n) is 8.71. The highest BCUT2D eigenvalue weighted by atomic mass is 32.1. The van der Waals surface area contributed by atoms with Gasteiger partial charge in [0.15, 0.2) is 5.13 Å². The minimum atomic E-state index is -0.582. The number of nitrogens with one attached hydrogen (secondary N) is 1. The van der Waals surface area contributed by atoms with Crippen LogP contribution in [0.15, 0.2) is 42.0 Å².